The lowest BCUT2D eigenvalue weighted by atomic mass is 9.96. The zero-order valence-electron chi connectivity index (χ0n) is 21.5. The zero-order chi connectivity index (χ0) is 26.1. The van der Waals surface area contributed by atoms with Crippen LogP contribution in [0.1, 0.15) is 36.4 Å². The van der Waals surface area contributed by atoms with Crippen LogP contribution < -0.4 is 10.2 Å². The lowest BCUT2D eigenvalue weighted by Crippen LogP contribution is -2.42. The number of aryl methyl sites for hydroxylation is 4. The van der Waals surface area contributed by atoms with E-state index in [0.717, 1.165) is 46.8 Å². The van der Waals surface area contributed by atoms with Gasteiger partial charge in [0.2, 0.25) is 5.91 Å². The molecule has 2 amide bonds. The van der Waals surface area contributed by atoms with Crippen LogP contribution in [-0.2, 0) is 49.1 Å². The number of nitrogens with one attached hydrogen (secondary N) is 1. The molecule has 0 aliphatic carbocycles. The van der Waals surface area contributed by atoms with Crippen LogP contribution in [0.2, 0.25) is 0 Å². The number of fused-ring (bicyclic) bond motifs is 3. The molecule has 0 saturated heterocycles. The lowest BCUT2D eigenvalue weighted by molar-refractivity contribution is -0.121. The topological polar surface area (TPSA) is 125 Å². The first-order chi connectivity index (χ1) is 17.9. The fourth-order valence-corrected chi connectivity index (χ4v) is 4.85. The summed E-state index contributed by atoms with van der Waals surface area (Å²) in [4.78, 5) is 32.3. The van der Waals surface area contributed by atoms with Gasteiger partial charge in [-0.2, -0.15) is 5.10 Å². The maximum Gasteiger partial charge on any atom is 0.414 e. The van der Waals surface area contributed by atoms with Crippen molar-refractivity contribution in [3.8, 4) is 0 Å². The van der Waals surface area contributed by atoms with Crippen LogP contribution in [0.15, 0.2) is 30.6 Å². The Morgan fingerprint density at radius 2 is 2.05 bits per heavy atom. The number of hydrogen-bond acceptors (Lipinski definition) is 7. The van der Waals surface area contributed by atoms with Gasteiger partial charge in [-0.25, -0.2) is 9.78 Å². The highest BCUT2D eigenvalue weighted by Gasteiger charge is 2.31. The molecular formula is C25H31N9O3. The molecule has 0 saturated carbocycles. The van der Waals surface area contributed by atoms with Gasteiger partial charge in [-0.3, -0.25) is 14.4 Å². The highest BCUT2D eigenvalue weighted by atomic mass is 16.5. The number of carbonyl (C=O) groups excluding carboxylic acids is 2. The van der Waals surface area contributed by atoms with E-state index in [4.69, 9.17) is 9.72 Å². The van der Waals surface area contributed by atoms with E-state index in [0.29, 0.717) is 18.8 Å². The SMILES string of the molecule is COC(=O)N1c2ccc3c(nc(CCn4cccn4)n3CC(=O)NCc3nnc(C)n3C)c2CC[C@@H]1C. The van der Waals surface area contributed by atoms with Crippen molar-refractivity contribution >= 4 is 28.7 Å². The molecule has 4 aromatic rings. The number of carbonyl (C=O) groups is 2. The van der Waals surface area contributed by atoms with Gasteiger partial charge in [-0.05, 0) is 44.9 Å². The minimum Gasteiger partial charge on any atom is -0.452 e. The van der Waals surface area contributed by atoms with Gasteiger partial charge in [0, 0.05) is 44.0 Å². The second-order valence-electron chi connectivity index (χ2n) is 9.29. The minimum atomic E-state index is -0.385. The number of nitrogens with zero attached hydrogens (tertiary/aromatic N) is 8. The van der Waals surface area contributed by atoms with Crippen molar-refractivity contribution in [3.05, 3.63) is 53.6 Å². The van der Waals surface area contributed by atoms with Crippen LogP contribution in [0, 0.1) is 6.92 Å². The summed E-state index contributed by atoms with van der Waals surface area (Å²) in [5.41, 5.74) is 3.47. The van der Waals surface area contributed by atoms with E-state index in [9.17, 15) is 9.59 Å². The normalized spacial score (nSPS) is 15.1. The van der Waals surface area contributed by atoms with E-state index in [-0.39, 0.29) is 31.1 Å². The molecule has 0 unspecified atom stereocenters. The second-order valence-corrected chi connectivity index (χ2v) is 9.29. The van der Waals surface area contributed by atoms with E-state index in [1.54, 1.807) is 11.1 Å². The van der Waals surface area contributed by atoms with Crippen molar-refractivity contribution < 1.29 is 14.3 Å². The molecule has 1 atom stereocenters. The van der Waals surface area contributed by atoms with Gasteiger partial charge >= 0.3 is 6.09 Å². The predicted octanol–water partition coefficient (Wildman–Crippen LogP) is 2.14. The van der Waals surface area contributed by atoms with E-state index in [1.807, 2.05) is 59.1 Å². The molecule has 1 N–H and O–H groups in total. The number of benzene rings is 1. The van der Waals surface area contributed by atoms with Crippen LogP contribution in [0.3, 0.4) is 0 Å². The smallest absolute Gasteiger partial charge is 0.414 e. The summed E-state index contributed by atoms with van der Waals surface area (Å²) >= 11 is 0. The molecule has 1 aliphatic heterocycles. The Balaban J connectivity index is 1.48. The Labute approximate surface area is 214 Å². The third kappa shape index (κ3) is 4.66. The van der Waals surface area contributed by atoms with Gasteiger partial charge in [-0.1, -0.05) is 0 Å². The van der Waals surface area contributed by atoms with Crippen molar-refractivity contribution in [2.75, 3.05) is 12.0 Å². The molecular weight excluding hydrogens is 474 g/mol. The first kappa shape index (κ1) is 24.5. The molecule has 12 heteroatoms. The van der Waals surface area contributed by atoms with Crippen molar-refractivity contribution in [2.45, 2.75) is 58.8 Å². The molecule has 0 spiro atoms. The van der Waals surface area contributed by atoms with Crippen molar-refractivity contribution in [3.63, 3.8) is 0 Å². The Kier molecular flexibility index (Phi) is 6.64. The molecule has 37 heavy (non-hydrogen) atoms. The second kappa shape index (κ2) is 10.0. The number of methoxy groups -OCH3 is 1. The summed E-state index contributed by atoms with van der Waals surface area (Å²) in [6.45, 7) is 4.90. The quantitative estimate of drug-likeness (QED) is 0.408. The van der Waals surface area contributed by atoms with E-state index in [1.165, 1.54) is 7.11 Å². The van der Waals surface area contributed by atoms with Crippen molar-refractivity contribution in [1.29, 1.82) is 0 Å². The molecule has 1 aromatic carbocycles. The summed E-state index contributed by atoms with van der Waals surface area (Å²) < 4.78 is 10.7. The van der Waals surface area contributed by atoms with E-state index < -0.39 is 0 Å². The highest BCUT2D eigenvalue weighted by Crippen LogP contribution is 2.36. The van der Waals surface area contributed by atoms with Crippen molar-refractivity contribution in [1.82, 2.24) is 39.4 Å². The maximum atomic E-state index is 13.0. The number of ether oxygens (including phenoxy) is 1. The molecule has 4 heterocycles. The van der Waals surface area contributed by atoms with Crippen LogP contribution >= 0.6 is 0 Å². The molecule has 5 rings (SSSR count). The van der Waals surface area contributed by atoms with Crippen LogP contribution in [0.25, 0.3) is 11.0 Å². The van der Waals surface area contributed by atoms with Gasteiger partial charge in [0.05, 0.1) is 30.4 Å². The van der Waals surface area contributed by atoms with E-state index >= 15 is 0 Å². The fourth-order valence-electron chi connectivity index (χ4n) is 4.85. The third-order valence-electron chi connectivity index (χ3n) is 7.02. The minimum absolute atomic E-state index is 0.0220. The number of rotatable bonds is 7. The summed E-state index contributed by atoms with van der Waals surface area (Å²) in [5, 5.41) is 15.4. The first-order valence-corrected chi connectivity index (χ1v) is 12.3. The van der Waals surface area contributed by atoms with Crippen molar-refractivity contribution in [2.24, 2.45) is 7.05 Å². The predicted molar refractivity (Wildman–Crippen MR) is 136 cm³/mol. The molecule has 0 fully saturated rings. The number of hydrogen-bond donors (Lipinski definition) is 1. The van der Waals surface area contributed by atoms with E-state index in [2.05, 4.69) is 20.6 Å². The standard InChI is InChI=1S/C25H31N9O3/c1-16-6-7-18-19(34(16)25(36)37-4)8-9-20-24(18)28-21(10-13-32-12-5-11-27-32)33(20)15-23(35)26-14-22-30-29-17(2)31(22)3/h5,8-9,11-12,16H,6-7,10,13-15H2,1-4H3,(H,26,35)/t16-/m0/s1. The number of anilines is 1. The summed E-state index contributed by atoms with van der Waals surface area (Å²) in [7, 11) is 3.26. The van der Waals surface area contributed by atoms with Gasteiger partial charge in [0.15, 0.2) is 5.82 Å². The Morgan fingerprint density at radius 1 is 1.22 bits per heavy atom. The summed E-state index contributed by atoms with van der Waals surface area (Å²) in [6.07, 6.45) is 5.44. The molecule has 12 nitrogen and oxygen atoms in total. The van der Waals surface area contributed by atoms with Crippen LogP contribution in [0.4, 0.5) is 10.5 Å². The van der Waals surface area contributed by atoms with Crippen LogP contribution in [-0.4, -0.2) is 59.2 Å². The number of imidazole rings is 1. The first-order valence-electron chi connectivity index (χ1n) is 12.3. The average Bonchev–Trinajstić information content (AvgIpc) is 3.61. The summed E-state index contributed by atoms with van der Waals surface area (Å²) in [6, 6.07) is 5.77. The monoisotopic (exact) mass is 505 g/mol. The molecule has 194 valence electrons. The summed E-state index contributed by atoms with van der Waals surface area (Å²) in [5.74, 6) is 2.10. The molecule has 3 aromatic heterocycles. The van der Waals surface area contributed by atoms with Gasteiger partial charge in [0.25, 0.3) is 0 Å². The molecule has 0 bridgehead atoms. The van der Waals surface area contributed by atoms with Gasteiger partial charge in [0.1, 0.15) is 18.2 Å². The zero-order valence-corrected chi connectivity index (χ0v) is 21.5. The Morgan fingerprint density at radius 3 is 2.76 bits per heavy atom. The Hall–Kier alpha value is -4.22. The Bertz CT molecular complexity index is 1440. The molecule has 0 radical (unpaired) electrons. The molecule has 1 aliphatic rings. The largest absolute Gasteiger partial charge is 0.452 e. The fraction of sp³-hybridized carbons (Fsp3) is 0.440. The maximum absolute atomic E-state index is 13.0. The number of amides is 2. The van der Waals surface area contributed by atoms with Crippen LogP contribution in [0.5, 0.6) is 0 Å². The average molecular weight is 506 g/mol. The van der Waals surface area contributed by atoms with Gasteiger partial charge in [-0.15, -0.1) is 10.2 Å². The lowest BCUT2D eigenvalue weighted by Gasteiger charge is -2.34. The third-order valence-corrected chi connectivity index (χ3v) is 7.02. The number of aromatic nitrogens is 7. The highest BCUT2D eigenvalue weighted by molar-refractivity contribution is 5.95. The van der Waals surface area contributed by atoms with Gasteiger partial charge < -0.3 is 19.2 Å².